The maximum Gasteiger partial charge on any atom is 0.0606 e. The van der Waals surface area contributed by atoms with Gasteiger partial charge < -0.3 is 10.6 Å². The minimum atomic E-state index is 0.348. The Morgan fingerprint density at radius 3 is 2.80 bits per heavy atom. The molecule has 1 heterocycles. The molecule has 0 aromatic heterocycles. The standard InChI is InChI=1S/C13H18N2/c1-10-5-4-6-11-12(10)14-9-13(15-11)7-2-3-8-13/h4-6,14-15H,2-3,7-9H2,1H3. The average Bonchev–Trinajstić information content (AvgIpc) is 2.66. The summed E-state index contributed by atoms with van der Waals surface area (Å²) >= 11 is 0. The number of rotatable bonds is 0. The summed E-state index contributed by atoms with van der Waals surface area (Å²) < 4.78 is 0. The summed E-state index contributed by atoms with van der Waals surface area (Å²) in [6.45, 7) is 3.25. The summed E-state index contributed by atoms with van der Waals surface area (Å²) in [5.41, 5.74) is 4.28. The number of nitrogens with one attached hydrogen (secondary N) is 2. The molecule has 1 aromatic rings. The van der Waals surface area contributed by atoms with Crippen molar-refractivity contribution < 1.29 is 0 Å². The zero-order valence-corrected chi connectivity index (χ0v) is 9.27. The van der Waals surface area contributed by atoms with E-state index in [0.717, 1.165) is 6.54 Å². The molecule has 1 aliphatic carbocycles. The molecular weight excluding hydrogens is 184 g/mol. The van der Waals surface area contributed by atoms with Crippen molar-refractivity contribution in [2.45, 2.75) is 38.1 Å². The number of aryl methyl sites for hydroxylation is 1. The van der Waals surface area contributed by atoms with E-state index < -0.39 is 0 Å². The average molecular weight is 202 g/mol. The van der Waals surface area contributed by atoms with Crippen molar-refractivity contribution in [2.24, 2.45) is 0 Å². The number of fused-ring (bicyclic) bond motifs is 1. The molecule has 2 aliphatic rings. The molecule has 2 nitrogen and oxygen atoms in total. The van der Waals surface area contributed by atoms with Gasteiger partial charge in [-0.1, -0.05) is 25.0 Å². The zero-order valence-electron chi connectivity index (χ0n) is 9.27. The van der Waals surface area contributed by atoms with Crippen LogP contribution < -0.4 is 10.6 Å². The summed E-state index contributed by atoms with van der Waals surface area (Å²) in [6, 6.07) is 6.49. The van der Waals surface area contributed by atoms with Gasteiger partial charge >= 0.3 is 0 Å². The van der Waals surface area contributed by atoms with Gasteiger partial charge in [0.25, 0.3) is 0 Å². The molecule has 0 bridgehead atoms. The normalized spacial score (nSPS) is 21.9. The Balaban J connectivity index is 1.96. The van der Waals surface area contributed by atoms with Crippen molar-refractivity contribution in [2.75, 3.05) is 17.2 Å². The van der Waals surface area contributed by atoms with Crippen molar-refractivity contribution in [1.82, 2.24) is 0 Å². The molecule has 80 valence electrons. The van der Waals surface area contributed by atoms with E-state index in [4.69, 9.17) is 0 Å². The lowest BCUT2D eigenvalue weighted by Gasteiger charge is -2.38. The van der Waals surface area contributed by atoms with E-state index >= 15 is 0 Å². The van der Waals surface area contributed by atoms with Gasteiger partial charge in [-0.05, 0) is 31.4 Å². The molecule has 0 unspecified atom stereocenters. The first-order valence-corrected chi connectivity index (χ1v) is 5.91. The number of para-hydroxylation sites is 1. The van der Waals surface area contributed by atoms with Crippen LogP contribution in [0, 0.1) is 6.92 Å². The number of hydrogen-bond donors (Lipinski definition) is 2. The second-order valence-electron chi connectivity index (χ2n) is 4.96. The molecule has 1 fully saturated rings. The van der Waals surface area contributed by atoms with Gasteiger partial charge in [0.1, 0.15) is 0 Å². The Labute approximate surface area is 91.1 Å². The molecule has 2 N–H and O–H groups in total. The Morgan fingerprint density at radius 1 is 1.20 bits per heavy atom. The highest BCUT2D eigenvalue weighted by molar-refractivity contribution is 5.75. The van der Waals surface area contributed by atoms with Crippen molar-refractivity contribution in [3.05, 3.63) is 23.8 Å². The first kappa shape index (κ1) is 9.08. The summed E-state index contributed by atoms with van der Waals surface area (Å²) in [4.78, 5) is 0. The zero-order chi connectivity index (χ0) is 10.3. The third-order valence-electron chi connectivity index (χ3n) is 3.84. The first-order chi connectivity index (χ1) is 7.29. The lowest BCUT2D eigenvalue weighted by Crippen LogP contribution is -2.45. The van der Waals surface area contributed by atoms with Crippen molar-refractivity contribution in [3.8, 4) is 0 Å². The van der Waals surface area contributed by atoms with Crippen LogP contribution in [0.25, 0.3) is 0 Å². The van der Waals surface area contributed by atoms with Crippen LogP contribution in [0.15, 0.2) is 18.2 Å². The molecule has 1 saturated carbocycles. The van der Waals surface area contributed by atoms with Gasteiger partial charge in [-0.15, -0.1) is 0 Å². The molecule has 3 rings (SSSR count). The Bertz CT molecular complexity index is 378. The topological polar surface area (TPSA) is 24.1 Å². The van der Waals surface area contributed by atoms with Gasteiger partial charge in [0, 0.05) is 6.54 Å². The second-order valence-corrected chi connectivity index (χ2v) is 4.96. The molecule has 1 spiro atoms. The van der Waals surface area contributed by atoms with E-state index in [9.17, 15) is 0 Å². The smallest absolute Gasteiger partial charge is 0.0606 e. The summed E-state index contributed by atoms with van der Waals surface area (Å²) in [7, 11) is 0. The van der Waals surface area contributed by atoms with Crippen LogP contribution in [0.1, 0.15) is 31.2 Å². The molecule has 15 heavy (non-hydrogen) atoms. The van der Waals surface area contributed by atoms with Crippen LogP contribution in [0.2, 0.25) is 0 Å². The number of benzene rings is 1. The molecular formula is C13H18N2. The number of anilines is 2. The highest BCUT2D eigenvalue weighted by Gasteiger charge is 2.36. The van der Waals surface area contributed by atoms with Gasteiger partial charge in [0.2, 0.25) is 0 Å². The van der Waals surface area contributed by atoms with E-state index in [1.54, 1.807) is 0 Å². The largest absolute Gasteiger partial charge is 0.381 e. The van der Waals surface area contributed by atoms with Gasteiger partial charge in [-0.3, -0.25) is 0 Å². The van der Waals surface area contributed by atoms with Crippen molar-refractivity contribution >= 4 is 11.4 Å². The third kappa shape index (κ3) is 1.39. The SMILES string of the molecule is Cc1cccc2c1NCC1(CCCC1)N2. The highest BCUT2D eigenvalue weighted by Crippen LogP contribution is 2.40. The predicted octanol–water partition coefficient (Wildman–Crippen LogP) is 3.15. The predicted molar refractivity (Wildman–Crippen MR) is 64.5 cm³/mol. The molecule has 1 aliphatic heterocycles. The highest BCUT2D eigenvalue weighted by atomic mass is 15.1. The van der Waals surface area contributed by atoms with Crippen molar-refractivity contribution in [3.63, 3.8) is 0 Å². The summed E-state index contributed by atoms with van der Waals surface area (Å²) in [6.07, 6.45) is 5.37. The summed E-state index contributed by atoms with van der Waals surface area (Å²) in [5, 5.41) is 7.35. The molecule has 0 saturated heterocycles. The minimum Gasteiger partial charge on any atom is -0.381 e. The van der Waals surface area contributed by atoms with E-state index in [0.29, 0.717) is 5.54 Å². The van der Waals surface area contributed by atoms with Gasteiger partial charge in [0.05, 0.1) is 16.9 Å². The Hall–Kier alpha value is -1.18. The van der Waals surface area contributed by atoms with Gasteiger partial charge in [-0.25, -0.2) is 0 Å². The fourth-order valence-corrected chi connectivity index (χ4v) is 2.95. The molecule has 0 amide bonds. The lowest BCUT2D eigenvalue weighted by molar-refractivity contribution is 0.500. The Kier molecular flexibility index (Phi) is 1.91. The van der Waals surface area contributed by atoms with Gasteiger partial charge in [0.15, 0.2) is 0 Å². The van der Waals surface area contributed by atoms with E-state index in [1.807, 2.05) is 0 Å². The fraction of sp³-hybridized carbons (Fsp3) is 0.538. The monoisotopic (exact) mass is 202 g/mol. The summed E-state index contributed by atoms with van der Waals surface area (Å²) in [5.74, 6) is 0. The molecule has 2 heteroatoms. The van der Waals surface area contributed by atoms with Crippen LogP contribution in [0.4, 0.5) is 11.4 Å². The van der Waals surface area contributed by atoms with Crippen LogP contribution >= 0.6 is 0 Å². The first-order valence-electron chi connectivity index (χ1n) is 5.91. The second kappa shape index (κ2) is 3.16. The third-order valence-corrected chi connectivity index (χ3v) is 3.84. The molecule has 0 radical (unpaired) electrons. The minimum absolute atomic E-state index is 0.348. The quantitative estimate of drug-likeness (QED) is 0.675. The van der Waals surface area contributed by atoms with Crippen LogP contribution in [-0.2, 0) is 0 Å². The number of hydrogen-bond acceptors (Lipinski definition) is 2. The molecule has 0 atom stereocenters. The lowest BCUT2D eigenvalue weighted by atomic mass is 9.93. The van der Waals surface area contributed by atoms with E-state index in [-0.39, 0.29) is 0 Å². The van der Waals surface area contributed by atoms with Crippen LogP contribution in [0.5, 0.6) is 0 Å². The fourth-order valence-electron chi connectivity index (χ4n) is 2.95. The van der Waals surface area contributed by atoms with Crippen molar-refractivity contribution in [1.29, 1.82) is 0 Å². The maximum atomic E-state index is 3.75. The van der Waals surface area contributed by atoms with E-state index in [1.165, 1.54) is 42.6 Å². The van der Waals surface area contributed by atoms with Crippen LogP contribution in [0.3, 0.4) is 0 Å². The Morgan fingerprint density at radius 2 is 2.00 bits per heavy atom. The van der Waals surface area contributed by atoms with Gasteiger partial charge in [-0.2, -0.15) is 0 Å². The van der Waals surface area contributed by atoms with E-state index in [2.05, 4.69) is 35.8 Å². The maximum absolute atomic E-state index is 3.75. The van der Waals surface area contributed by atoms with Crippen LogP contribution in [-0.4, -0.2) is 12.1 Å². The molecule has 1 aromatic carbocycles.